The Bertz CT molecular complexity index is 617. The number of fused-ring (bicyclic) bond motifs is 1. The van der Waals surface area contributed by atoms with E-state index in [2.05, 4.69) is 16.0 Å². The second kappa shape index (κ2) is 5.26. The molecule has 0 bridgehead atoms. The van der Waals surface area contributed by atoms with Gasteiger partial charge in [-0.1, -0.05) is 0 Å². The van der Waals surface area contributed by atoms with Crippen molar-refractivity contribution in [3.8, 4) is 11.9 Å². The second-order valence-corrected chi connectivity index (χ2v) is 4.47. The molecule has 2 aromatic rings. The number of aromatic nitrogens is 2. The third-order valence-corrected chi connectivity index (χ3v) is 3.09. The molecule has 19 heavy (non-hydrogen) atoms. The number of H-pyrrole nitrogens is 1. The Balaban J connectivity index is 2.49. The van der Waals surface area contributed by atoms with Crippen LogP contribution in [-0.2, 0) is 5.41 Å². The zero-order chi connectivity index (χ0) is 13.9. The first-order valence-corrected chi connectivity index (χ1v) is 5.98. The number of nitrogens with zero attached hydrogens (tertiary/aromatic N) is 2. The topological polar surface area (TPSA) is 108 Å². The molecule has 0 aliphatic heterocycles. The number of nitriles is 1. The first-order chi connectivity index (χ1) is 9.14. The summed E-state index contributed by atoms with van der Waals surface area (Å²) in [6, 6.07) is 5.76. The maximum atomic E-state index is 9.29. The summed E-state index contributed by atoms with van der Waals surface area (Å²) in [5.41, 5.74) is 7.14. The fourth-order valence-corrected chi connectivity index (χ4v) is 1.85. The number of aromatic amines is 1. The van der Waals surface area contributed by atoms with Gasteiger partial charge in [-0.2, -0.15) is 5.26 Å². The summed E-state index contributed by atoms with van der Waals surface area (Å²) in [7, 11) is 0. The SMILES string of the molecule is CC(C#N)(CN)c1c[nH]c2ccc(OCCO)nc12. The van der Waals surface area contributed by atoms with Gasteiger partial charge >= 0.3 is 0 Å². The Hall–Kier alpha value is -2.10. The van der Waals surface area contributed by atoms with E-state index in [1.54, 1.807) is 19.2 Å². The van der Waals surface area contributed by atoms with Crippen LogP contribution in [0.5, 0.6) is 5.88 Å². The number of aliphatic hydroxyl groups is 1. The van der Waals surface area contributed by atoms with Crippen LogP contribution in [0.2, 0.25) is 0 Å². The molecular formula is C13H16N4O2. The Morgan fingerprint density at radius 2 is 2.37 bits per heavy atom. The van der Waals surface area contributed by atoms with Gasteiger partial charge in [-0.3, -0.25) is 0 Å². The van der Waals surface area contributed by atoms with E-state index in [0.717, 1.165) is 11.1 Å². The van der Waals surface area contributed by atoms with Gasteiger partial charge in [0.15, 0.2) is 0 Å². The van der Waals surface area contributed by atoms with Crippen LogP contribution in [0.1, 0.15) is 12.5 Å². The molecule has 1 atom stereocenters. The highest BCUT2D eigenvalue weighted by molar-refractivity contribution is 5.81. The van der Waals surface area contributed by atoms with Crippen LogP contribution >= 0.6 is 0 Å². The lowest BCUT2D eigenvalue weighted by atomic mass is 9.85. The van der Waals surface area contributed by atoms with Crippen molar-refractivity contribution in [1.82, 2.24) is 9.97 Å². The van der Waals surface area contributed by atoms with Crippen LogP contribution in [0.15, 0.2) is 18.3 Å². The number of ether oxygens (including phenoxy) is 1. The molecule has 0 saturated heterocycles. The van der Waals surface area contributed by atoms with E-state index in [1.165, 1.54) is 0 Å². The molecular weight excluding hydrogens is 244 g/mol. The molecule has 0 fully saturated rings. The van der Waals surface area contributed by atoms with Gasteiger partial charge in [0.1, 0.15) is 6.61 Å². The molecule has 0 aliphatic carbocycles. The molecule has 0 saturated carbocycles. The average Bonchev–Trinajstić information content (AvgIpc) is 2.88. The summed E-state index contributed by atoms with van der Waals surface area (Å²) in [6.45, 7) is 2.10. The molecule has 1 unspecified atom stereocenters. The van der Waals surface area contributed by atoms with E-state index in [9.17, 15) is 5.26 Å². The molecule has 100 valence electrons. The van der Waals surface area contributed by atoms with Crippen LogP contribution in [0.4, 0.5) is 0 Å². The highest BCUT2D eigenvalue weighted by atomic mass is 16.5. The van der Waals surface area contributed by atoms with Crippen LogP contribution in [-0.4, -0.2) is 34.8 Å². The minimum atomic E-state index is -0.791. The Kier molecular flexibility index (Phi) is 3.69. The number of rotatable bonds is 5. The van der Waals surface area contributed by atoms with Gasteiger partial charge in [-0.25, -0.2) is 4.98 Å². The molecule has 0 radical (unpaired) electrons. The average molecular weight is 260 g/mol. The van der Waals surface area contributed by atoms with Crippen molar-refractivity contribution < 1.29 is 9.84 Å². The molecule has 2 rings (SSSR count). The fraction of sp³-hybridized carbons (Fsp3) is 0.385. The summed E-state index contributed by atoms with van der Waals surface area (Å²) < 4.78 is 5.28. The number of aliphatic hydroxyl groups excluding tert-OH is 1. The lowest BCUT2D eigenvalue weighted by Crippen LogP contribution is -2.29. The van der Waals surface area contributed by atoms with Crippen LogP contribution in [0, 0.1) is 11.3 Å². The zero-order valence-corrected chi connectivity index (χ0v) is 10.7. The van der Waals surface area contributed by atoms with Gasteiger partial charge in [0.05, 0.1) is 29.1 Å². The first-order valence-electron chi connectivity index (χ1n) is 5.98. The Labute approximate surface area is 110 Å². The largest absolute Gasteiger partial charge is 0.475 e. The third-order valence-electron chi connectivity index (χ3n) is 3.09. The quantitative estimate of drug-likeness (QED) is 0.732. The molecule has 0 spiro atoms. The molecule has 2 heterocycles. The predicted molar refractivity (Wildman–Crippen MR) is 70.7 cm³/mol. The molecule has 0 aliphatic rings. The Morgan fingerprint density at radius 3 is 3.00 bits per heavy atom. The minimum absolute atomic E-state index is 0.0710. The van der Waals surface area contributed by atoms with Crippen LogP contribution in [0.3, 0.4) is 0 Å². The number of nitrogens with one attached hydrogen (secondary N) is 1. The number of pyridine rings is 1. The first kappa shape index (κ1) is 13.3. The minimum Gasteiger partial charge on any atom is -0.475 e. The van der Waals surface area contributed by atoms with Crippen molar-refractivity contribution in [2.24, 2.45) is 5.73 Å². The lowest BCUT2D eigenvalue weighted by molar-refractivity contribution is 0.197. The predicted octanol–water partition coefficient (Wildman–Crippen LogP) is 0.674. The van der Waals surface area contributed by atoms with Gasteiger partial charge in [-0.15, -0.1) is 0 Å². The van der Waals surface area contributed by atoms with Crippen molar-refractivity contribution in [1.29, 1.82) is 5.26 Å². The third kappa shape index (κ3) is 2.38. The summed E-state index contributed by atoms with van der Waals surface area (Å²) in [5, 5.41) is 18.0. The van der Waals surface area contributed by atoms with E-state index in [4.69, 9.17) is 15.6 Å². The van der Waals surface area contributed by atoms with Gasteiger partial charge < -0.3 is 20.6 Å². The molecule has 6 heteroatoms. The van der Waals surface area contributed by atoms with E-state index < -0.39 is 5.41 Å². The second-order valence-electron chi connectivity index (χ2n) is 4.47. The Morgan fingerprint density at radius 1 is 1.58 bits per heavy atom. The number of hydrogen-bond acceptors (Lipinski definition) is 5. The maximum absolute atomic E-state index is 9.29. The summed E-state index contributed by atoms with van der Waals surface area (Å²) in [5.74, 6) is 0.416. The molecule has 0 aromatic carbocycles. The normalized spacial score (nSPS) is 14.0. The summed E-state index contributed by atoms with van der Waals surface area (Å²) in [4.78, 5) is 7.44. The maximum Gasteiger partial charge on any atom is 0.213 e. The van der Waals surface area contributed by atoms with Gasteiger partial charge in [0, 0.05) is 24.4 Å². The van der Waals surface area contributed by atoms with Gasteiger partial charge in [0.25, 0.3) is 0 Å². The van der Waals surface area contributed by atoms with Gasteiger partial charge in [0.2, 0.25) is 5.88 Å². The van der Waals surface area contributed by atoms with Crippen molar-refractivity contribution in [2.75, 3.05) is 19.8 Å². The zero-order valence-electron chi connectivity index (χ0n) is 10.7. The lowest BCUT2D eigenvalue weighted by Gasteiger charge is -2.17. The number of nitrogens with two attached hydrogens (primary N) is 1. The van der Waals surface area contributed by atoms with Crippen LogP contribution < -0.4 is 10.5 Å². The smallest absolute Gasteiger partial charge is 0.213 e. The van der Waals surface area contributed by atoms with Crippen molar-refractivity contribution in [3.63, 3.8) is 0 Å². The molecule has 6 nitrogen and oxygen atoms in total. The summed E-state index contributed by atoms with van der Waals surface area (Å²) in [6.07, 6.45) is 1.75. The highest BCUT2D eigenvalue weighted by Gasteiger charge is 2.28. The van der Waals surface area contributed by atoms with E-state index in [-0.39, 0.29) is 19.8 Å². The fourth-order valence-electron chi connectivity index (χ4n) is 1.85. The van der Waals surface area contributed by atoms with E-state index in [0.29, 0.717) is 11.4 Å². The van der Waals surface area contributed by atoms with Crippen molar-refractivity contribution in [3.05, 3.63) is 23.9 Å². The monoisotopic (exact) mass is 260 g/mol. The standard InChI is InChI=1S/C13H16N4O2/c1-13(7-14,8-15)9-6-16-10-2-3-11(17-12(9)10)19-5-4-18/h2-3,6,16,18H,4-5,7,14H2,1H3. The van der Waals surface area contributed by atoms with Gasteiger partial charge in [-0.05, 0) is 13.0 Å². The van der Waals surface area contributed by atoms with E-state index >= 15 is 0 Å². The molecule has 0 amide bonds. The van der Waals surface area contributed by atoms with E-state index in [1.807, 2.05) is 6.07 Å². The summed E-state index contributed by atoms with van der Waals surface area (Å²) >= 11 is 0. The highest BCUT2D eigenvalue weighted by Crippen LogP contribution is 2.29. The van der Waals surface area contributed by atoms with Crippen molar-refractivity contribution >= 4 is 11.0 Å². The molecule has 2 aromatic heterocycles. The molecule has 4 N–H and O–H groups in total. The van der Waals surface area contributed by atoms with Crippen LogP contribution in [0.25, 0.3) is 11.0 Å². The van der Waals surface area contributed by atoms with Crippen molar-refractivity contribution in [2.45, 2.75) is 12.3 Å². The number of hydrogen-bond donors (Lipinski definition) is 3.